The van der Waals surface area contributed by atoms with Gasteiger partial charge in [-0.1, -0.05) is 13.8 Å². The average Bonchev–Trinajstić information content (AvgIpc) is 2.39. The minimum Gasteiger partial charge on any atom is -0.465 e. The van der Waals surface area contributed by atoms with Crippen LogP contribution in [-0.2, 0) is 16.1 Å². The van der Waals surface area contributed by atoms with Crippen LogP contribution >= 0.6 is 0 Å². The molecule has 0 spiro atoms. The Morgan fingerprint density at radius 3 is 2.37 bits per heavy atom. The molecule has 6 heteroatoms. The predicted molar refractivity (Wildman–Crippen MR) is 69.3 cm³/mol. The van der Waals surface area contributed by atoms with Gasteiger partial charge < -0.3 is 15.2 Å². The van der Waals surface area contributed by atoms with Crippen molar-refractivity contribution in [1.29, 1.82) is 0 Å². The summed E-state index contributed by atoms with van der Waals surface area (Å²) in [5.74, 6) is -2.20. The summed E-state index contributed by atoms with van der Waals surface area (Å²) < 4.78 is 18.0. The van der Waals surface area contributed by atoms with Crippen LogP contribution in [0.4, 0.5) is 10.1 Å². The summed E-state index contributed by atoms with van der Waals surface area (Å²) in [4.78, 5) is 22.3. The number of hydrogen-bond donors (Lipinski definition) is 2. The van der Waals surface area contributed by atoms with Gasteiger partial charge in [-0.15, -0.1) is 0 Å². The summed E-state index contributed by atoms with van der Waals surface area (Å²) in [6.45, 7) is 4.83. The van der Waals surface area contributed by atoms with Gasteiger partial charge >= 0.3 is 5.97 Å². The number of rotatable bonds is 3. The van der Waals surface area contributed by atoms with E-state index < -0.39 is 24.3 Å². The third kappa shape index (κ3) is 4.67. The van der Waals surface area contributed by atoms with Crippen molar-refractivity contribution in [2.45, 2.75) is 27.4 Å². The lowest BCUT2D eigenvalue weighted by Gasteiger charge is -2.11. The van der Waals surface area contributed by atoms with Crippen LogP contribution in [0.25, 0.3) is 0 Å². The number of carbonyl (C=O) groups is 2. The predicted octanol–water partition coefficient (Wildman–Crippen LogP) is 2.09. The Balaban J connectivity index is 0.00000154. The zero-order chi connectivity index (χ0) is 15.0. The molecule has 0 fully saturated rings. The molecule has 1 rings (SSSR count). The van der Waals surface area contributed by atoms with Gasteiger partial charge in [0.1, 0.15) is 11.4 Å². The first-order valence-electron chi connectivity index (χ1n) is 5.78. The molecule has 0 aliphatic heterocycles. The van der Waals surface area contributed by atoms with E-state index in [0.717, 1.165) is 13.2 Å². The molecule has 0 bridgehead atoms. The fourth-order valence-corrected chi connectivity index (χ4v) is 1.35. The SMILES string of the molecule is CC.COC(=O)c1c(F)cc(CO)cc1NC(C)=O. The van der Waals surface area contributed by atoms with Crippen LogP contribution < -0.4 is 5.32 Å². The van der Waals surface area contributed by atoms with Gasteiger partial charge in [-0.05, 0) is 17.7 Å². The first-order valence-corrected chi connectivity index (χ1v) is 5.78. The Morgan fingerprint density at radius 2 is 1.95 bits per heavy atom. The number of amides is 1. The van der Waals surface area contributed by atoms with Crippen molar-refractivity contribution in [3.63, 3.8) is 0 Å². The van der Waals surface area contributed by atoms with Crippen molar-refractivity contribution in [2.75, 3.05) is 12.4 Å². The van der Waals surface area contributed by atoms with E-state index in [-0.39, 0.29) is 16.8 Å². The molecule has 0 saturated carbocycles. The minimum absolute atomic E-state index is 0.0200. The molecule has 0 aliphatic carbocycles. The van der Waals surface area contributed by atoms with Crippen molar-refractivity contribution < 1.29 is 23.8 Å². The number of anilines is 1. The van der Waals surface area contributed by atoms with Crippen molar-refractivity contribution in [2.24, 2.45) is 0 Å². The van der Waals surface area contributed by atoms with E-state index in [1.807, 2.05) is 13.8 Å². The molecule has 0 heterocycles. The zero-order valence-electron chi connectivity index (χ0n) is 11.4. The number of halogens is 1. The zero-order valence-corrected chi connectivity index (χ0v) is 11.4. The lowest BCUT2D eigenvalue weighted by molar-refractivity contribution is -0.114. The molecular weight excluding hydrogens is 253 g/mol. The number of ether oxygens (including phenoxy) is 1. The van der Waals surface area contributed by atoms with Crippen LogP contribution in [0.5, 0.6) is 0 Å². The highest BCUT2D eigenvalue weighted by molar-refractivity contribution is 6.01. The molecule has 0 saturated heterocycles. The van der Waals surface area contributed by atoms with Gasteiger partial charge in [0.15, 0.2) is 0 Å². The second-order valence-electron chi connectivity index (χ2n) is 3.33. The molecule has 0 unspecified atom stereocenters. The summed E-state index contributed by atoms with van der Waals surface area (Å²) in [6.07, 6.45) is 0. The standard InChI is InChI=1S/C11H12FNO4.C2H6/c1-6(15)13-9-4-7(5-14)3-8(12)10(9)11(16)17-2;1-2/h3-4,14H,5H2,1-2H3,(H,13,15);1-2H3. The van der Waals surface area contributed by atoms with Gasteiger partial charge in [0.05, 0.1) is 19.4 Å². The summed E-state index contributed by atoms with van der Waals surface area (Å²) in [6, 6.07) is 2.33. The molecule has 1 aromatic carbocycles. The van der Waals surface area contributed by atoms with Gasteiger partial charge in [-0.2, -0.15) is 0 Å². The Kier molecular flexibility index (Phi) is 7.36. The molecule has 0 aromatic heterocycles. The molecule has 0 atom stereocenters. The maximum Gasteiger partial charge on any atom is 0.342 e. The van der Waals surface area contributed by atoms with E-state index in [2.05, 4.69) is 10.1 Å². The normalized spacial score (nSPS) is 9.16. The van der Waals surface area contributed by atoms with E-state index >= 15 is 0 Å². The van der Waals surface area contributed by atoms with Gasteiger partial charge in [-0.3, -0.25) is 4.79 Å². The van der Waals surface area contributed by atoms with Gasteiger partial charge in [0.2, 0.25) is 5.91 Å². The number of methoxy groups -OCH3 is 1. The monoisotopic (exact) mass is 271 g/mol. The van der Waals surface area contributed by atoms with Crippen LogP contribution in [0, 0.1) is 5.82 Å². The molecular formula is C13H18FNO4. The topological polar surface area (TPSA) is 75.6 Å². The maximum absolute atomic E-state index is 13.6. The second-order valence-corrected chi connectivity index (χ2v) is 3.33. The number of carbonyl (C=O) groups excluding carboxylic acids is 2. The van der Waals surface area contributed by atoms with Crippen molar-refractivity contribution >= 4 is 17.6 Å². The lowest BCUT2D eigenvalue weighted by atomic mass is 10.1. The summed E-state index contributed by atoms with van der Waals surface area (Å²) in [5.41, 5.74) is -0.132. The number of esters is 1. The Bertz CT molecular complexity index is 460. The average molecular weight is 271 g/mol. The lowest BCUT2D eigenvalue weighted by Crippen LogP contribution is -2.14. The fraction of sp³-hybridized carbons (Fsp3) is 0.385. The van der Waals surface area contributed by atoms with Crippen LogP contribution in [0.1, 0.15) is 36.7 Å². The Hall–Kier alpha value is -1.95. The first kappa shape index (κ1) is 17.1. The van der Waals surface area contributed by atoms with Crippen LogP contribution in [0.3, 0.4) is 0 Å². The van der Waals surface area contributed by atoms with Crippen molar-refractivity contribution in [1.82, 2.24) is 0 Å². The van der Waals surface area contributed by atoms with E-state index in [9.17, 15) is 14.0 Å². The fourth-order valence-electron chi connectivity index (χ4n) is 1.35. The molecule has 106 valence electrons. The quantitative estimate of drug-likeness (QED) is 0.825. The van der Waals surface area contributed by atoms with E-state index in [0.29, 0.717) is 0 Å². The smallest absolute Gasteiger partial charge is 0.342 e. The van der Waals surface area contributed by atoms with Crippen LogP contribution in [-0.4, -0.2) is 24.1 Å². The number of hydrogen-bond acceptors (Lipinski definition) is 4. The van der Waals surface area contributed by atoms with Crippen molar-refractivity contribution in [3.8, 4) is 0 Å². The molecule has 2 N–H and O–H groups in total. The largest absolute Gasteiger partial charge is 0.465 e. The van der Waals surface area contributed by atoms with Gasteiger partial charge in [0.25, 0.3) is 0 Å². The number of nitrogens with one attached hydrogen (secondary N) is 1. The summed E-state index contributed by atoms with van der Waals surface area (Å²) >= 11 is 0. The van der Waals surface area contributed by atoms with E-state index in [1.165, 1.54) is 13.0 Å². The third-order valence-corrected chi connectivity index (χ3v) is 2.03. The number of aliphatic hydroxyl groups excluding tert-OH is 1. The first-order chi connectivity index (χ1) is 8.99. The molecule has 1 aromatic rings. The molecule has 5 nitrogen and oxygen atoms in total. The molecule has 0 aliphatic rings. The third-order valence-electron chi connectivity index (χ3n) is 2.03. The van der Waals surface area contributed by atoms with Crippen LogP contribution in [0.2, 0.25) is 0 Å². The summed E-state index contributed by atoms with van der Waals surface area (Å²) in [5, 5.41) is 11.2. The molecule has 0 radical (unpaired) electrons. The second kappa shape index (κ2) is 8.20. The number of benzene rings is 1. The van der Waals surface area contributed by atoms with Gasteiger partial charge in [0, 0.05) is 6.92 Å². The van der Waals surface area contributed by atoms with E-state index in [4.69, 9.17) is 5.11 Å². The Labute approximate surface area is 111 Å². The highest BCUT2D eigenvalue weighted by Gasteiger charge is 2.19. The van der Waals surface area contributed by atoms with Crippen molar-refractivity contribution in [3.05, 3.63) is 29.1 Å². The summed E-state index contributed by atoms with van der Waals surface area (Å²) in [7, 11) is 1.11. The maximum atomic E-state index is 13.6. The Morgan fingerprint density at radius 1 is 1.37 bits per heavy atom. The minimum atomic E-state index is -0.893. The van der Waals surface area contributed by atoms with Crippen LogP contribution in [0.15, 0.2) is 12.1 Å². The van der Waals surface area contributed by atoms with Gasteiger partial charge in [-0.25, -0.2) is 9.18 Å². The molecule has 19 heavy (non-hydrogen) atoms. The molecule has 1 amide bonds. The van der Waals surface area contributed by atoms with E-state index in [1.54, 1.807) is 0 Å². The highest BCUT2D eigenvalue weighted by atomic mass is 19.1. The highest BCUT2D eigenvalue weighted by Crippen LogP contribution is 2.22. The number of aliphatic hydroxyl groups is 1.